The second kappa shape index (κ2) is 9.51. The third-order valence-electron chi connectivity index (χ3n) is 5.42. The van der Waals surface area contributed by atoms with Crippen LogP contribution in [0.1, 0.15) is 50.3 Å². The first-order valence-electron chi connectivity index (χ1n) is 10.5. The standard InChI is InChI=1S/C23H30N2O4S/c1-4-22(23(26)24-21-12-8-10-17-9-6-7-11-20(17)21)25(30(3,27)28)18-13-15-19(16-14-18)29-5-2/h6-7,9,11,13-16,21-22H,4-5,8,10,12H2,1-3H3,(H,24,26). The van der Waals surface area contributed by atoms with Crippen molar-refractivity contribution in [3.8, 4) is 5.75 Å². The Morgan fingerprint density at radius 3 is 2.50 bits per heavy atom. The fraction of sp³-hybridized carbons (Fsp3) is 0.435. The number of anilines is 1. The number of rotatable bonds is 8. The van der Waals surface area contributed by atoms with Crippen molar-refractivity contribution in [3.05, 3.63) is 59.7 Å². The van der Waals surface area contributed by atoms with Crippen LogP contribution < -0.4 is 14.4 Å². The van der Waals surface area contributed by atoms with E-state index in [1.54, 1.807) is 24.3 Å². The molecule has 30 heavy (non-hydrogen) atoms. The lowest BCUT2D eigenvalue weighted by Gasteiger charge is -2.33. The molecule has 2 unspecified atom stereocenters. The summed E-state index contributed by atoms with van der Waals surface area (Å²) in [6.07, 6.45) is 4.34. The van der Waals surface area contributed by atoms with Gasteiger partial charge in [-0.3, -0.25) is 9.10 Å². The summed E-state index contributed by atoms with van der Waals surface area (Å²) in [7, 11) is -3.67. The molecule has 2 aromatic rings. The van der Waals surface area contributed by atoms with Crippen molar-refractivity contribution in [2.45, 2.75) is 51.6 Å². The minimum absolute atomic E-state index is 0.0989. The predicted octanol–water partition coefficient (Wildman–Crippen LogP) is 3.82. The van der Waals surface area contributed by atoms with Gasteiger partial charge in [-0.2, -0.15) is 0 Å². The second-order valence-corrected chi connectivity index (χ2v) is 9.42. The zero-order valence-electron chi connectivity index (χ0n) is 17.8. The first kappa shape index (κ1) is 22.2. The van der Waals surface area contributed by atoms with E-state index in [1.165, 1.54) is 9.87 Å². The number of sulfonamides is 1. The van der Waals surface area contributed by atoms with Crippen molar-refractivity contribution < 1.29 is 17.9 Å². The Morgan fingerprint density at radius 2 is 1.87 bits per heavy atom. The highest BCUT2D eigenvalue weighted by Crippen LogP contribution is 2.30. The van der Waals surface area contributed by atoms with Crippen LogP contribution in [-0.2, 0) is 21.2 Å². The number of benzene rings is 2. The maximum Gasteiger partial charge on any atom is 0.244 e. The highest BCUT2D eigenvalue weighted by Gasteiger charge is 2.33. The molecule has 0 saturated heterocycles. The fourth-order valence-electron chi connectivity index (χ4n) is 4.09. The van der Waals surface area contributed by atoms with E-state index in [0.717, 1.165) is 31.1 Å². The molecule has 1 N–H and O–H groups in total. The molecule has 0 radical (unpaired) electrons. The number of aryl methyl sites for hydroxylation is 1. The van der Waals surface area contributed by atoms with Gasteiger partial charge >= 0.3 is 0 Å². The van der Waals surface area contributed by atoms with Gasteiger partial charge in [0.2, 0.25) is 15.9 Å². The van der Waals surface area contributed by atoms with Gasteiger partial charge in [0, 0.05) is 0 Å². The summed E-state index contributed by atoms with van der Waals surface area (Å²) in [5.74, 6) is 0.379. The summed E-state index contributed by atoms with van der Waals surface area (Å²) >= 11 is 0. The molecule has 1 amide bonds. The fourth-order valence-corrected chi connectivity index (χ4v) is 5.30. The number of hydrogen-bond donors (Lipinski definition) is 1. The summed E-state index contributed by atoms with van der Waals surface area (Å²) in [6, 6.07) is 14.0. The predicted molar refractivity (Wildman–Crippen MR) is 119 cm³/mol. The van der Waals surface area contributed by atoms with Crippen LogP contribution in [0.15, 0.2) is 48.5 Å². The van der Waals surface area contributed by atoms with Crippen LogP contribution in [0.5, 0.6) is 5.75 Å². The van der Waals surface area contributed by atoms with Gasteiger partial charge < -0.3 is 10.1 Å². The van der Waals surface area contributed by atoms with Crippen LogP contribution in [0, 0.1) is 0 Å². The van der Waals surface area contributed by atoms with Crippen LogP contribution in [0.25, 0.3) is 0 Å². The Labute approximate surface area is 179 Å². The average Bonchev–Trinajstić information content (AvgIpc) is 2.72. The molecule has 0 aromatic heterocycles. The van der Waals surface area contributed by atoms with Crippen molar-refractivity contribution in [1.82, 2.24) is 5.32 Å². The molecule has 0 heterocycles. The van der Waals surface area contributed by atoms with Crippen molar-refractivity contribution >= 4 is 21.6 Å². The van der Waals surface area contributed by atoms with Crippen LogP contribution in [0.4, 0.5) is 5.69 Å². The largest absolute Gasteiger partial charge is 0.494 e. The molecular formula is C23H30N2O4S. The number of amides is 1. The Balaban J connectivity index is 1.86. The Hall–Kier alpha value is -2.54. The minimum atomic E-state index is -3.67. The normalized spacial score (nSPS) is 17.0. The molecule has 0 saturated carbocycles. The molecule has 162 valence electrons. The van der Waals surface area contributed by atoms with Crippen molar-refractivity contribution in [2.75, 3.05) is 17.2 Å². The highest BCUT2D eigenvalue weighted by molar-refractivity contribution is 7.92. The molecule has 7 heteroatoms. The molecule has 2 atom stereocenters. The lowest BCUT2D eigenvalue weighted by molar-refractivity contribution is -0.123. The molecule has 0 aliphatic heterocycles. The molecule has 6 nitrogen and oxygen atoms in total. The Bertz CT molecular complexity index is 973. The molecule has 1 aliphatic rings. The van der Waals surface area contributed by atoms with E-state index >= 15 is 0 Å². The van der Waals surface area contributed by atoms with Crippen LogP contribution in [0.2, 0.25) is 0 Å². The third kappa shape index (κ3) is 4.95. The summed E-state index contributed by atoms with van der Waals surface area (Å²) < 4.78 is 32.0. The summed E-state index contributed by atoms with van der Waals surface area (Å²) in [4.78, 5) is 13.2. The van der Waals surface area contributed by atoms with Crippen molar-refractivity contribution in [2.24, 2.45) is 0 Å². The second-order valence-electron chi connectivity index (χ2n) is 7.56. The Kier molecular flexibility index (Phi) is 7.02. The number of ether oxygens (including phenoxy) is 1. The molecule has 0 bridgehead atoms. The number of carbonyl (C=O) groups excluding carboxylic acids is 1. The van der Waals surface area contributed by atoms with Gasteiger partial charge in [-0.15, -0.1) is 0 Å². The smallest absolute Gasteiger partial charge is 0.244 e. The topological polar surface area (TPSA) is 75.7 Å². The van der Waals surface area contributed by atoms with E-state index in [0.29, 0.717) is 24.5 Å². The van der Waals surface area contributed by atoms with Gasteiger partial charge in [0.05, 0.1) is 24.6 Å². The van der Waals surface area contributed by atoms with Crippen molar-refractivity contribution in [3.63, 3.8) is 0 Å². The number of nitrogens with one attached hydrogen (secondary N) is 1. The summed E-state index contributed by atoms with van der Waals surface area (Å²) in [5, 5.41) is 3.11. The number of hydrogen-bond acceptors (Lipinski definition) is 4. The molecule has 0 spiro atoms. The number of nitrogens with zero attached hydrogens (tertiary/aromatic N) is 1. The third-order valence-corrected chi connectivity index (χ3v) is 6.60. The van der Waals surface area contributed by atoms with E-state index < -0.39 is 16.1 Å². The quantitative estimate of drug-likeness (QED) is 0.691. The van der Waals surface area contributed by atoms with Crippen molar-refractivity contribution in [1.29, 1.82) is 0 Å². The van der Waals surface area contributed by atoms with E-state index in [2.05, 4.69) is 11.4 Å². The molecule has 2 aromatic carbocycles. The molecular weight excluding hydrogens is 400 g/mol. The average molecular weight is 431 g/mol. The Morgan fingerprint density at radius 1 is 1.17 bits per heavy atom. The van der Waals surface area contributed by atoms with E-state index in [1.807, 2.05) is 32.0 Å². The maximum atomic E-state index is 13.2. The lowest BCUT2D eigenvalue weighted by atomic mass is 9.87. The summed E-state index contributed by atoms with van der Waals surface area (Å²) in [6.45, 7) is 4.24. The van der Waals surface area contributed by atoms with Crippen LogP contribution >= 0.6 is 0 Å². The van der Waals surface area contributed by atoms with E-state index in [4.69, 9.17) is 4.74 Å². The first-order valence-corrected chi connectivity index (χ1v) is 12.3. The lowest BCUT2D eigenvalue weighted by Crippen LogP contribution is -2.50. The molecule has 1 aliphatic carbocycles. The van der Waals surface area contributed by atoms with E-state index in [-0.39, 0.29) is 11.9 Å². The van der Waals surface area contributed by atoms with Gasteiger partial charge in [-0.25, -0.2) is 8.42 Å². The SMILES string of the molecule is CCOc1ccc(N(C(CC)C(=O)NC2CCCc3ccccc32)S(C)(=O)=O)cc1. The molecule has 0 fully saturated rings. The zero-order valence-corrected chi connectivity index (χ0v) is 18.6. The monoisotopic (exact) mass is 430 g/mol. The highest BCUT2D eigenvalue weighted by atomic mass is 32.2. The minimum Gasteiger partial charge on any atom is -0.494 e. The van der Waals surface area contributed by atoms with Gasteiger partial charge in [0.25, 0.3) is 0 Å². The zero-order chi connectivity index (χ0) is 21.7. The molecule has 3 rings (SSSR count). The summed E-state index contributed by atoms with van der Waals surface area (Å²) in [5.41, 5.74) is 2.82. The van der Waals surface area contributed by atoms with Gasteiger partial charge in [-0.1, -0.05) is 31.2 Å². The van der Waals surface area contributed by atoms with Gasteiger partial charge in [-0.05, 0) is 68.0 Å². The van der Waals surface area contributed by atoms with E-state index in [9.17, 15) is 13.2 Å². The number of fused-ring (bicyclic) bond motifs is 1. The first-order chi connectivity index (χ1) is 14.3. The van der Waals surface area contributed by atoms with Crippen LogP contribution in [-0.4, -0.2) is 33.2 Å². The maximum absolute atomic E-state index is 13.2. The number of carbonyl (C=O) groups is 1. The van der Waals surface area contributed by atoms with Gasteiger partial charge in [0.1, 0.15) is 11.8 Å². The van der Waals surface area contributed by atoms with Crippen LogP contribution in [0.3, 0.4) is 0 Å². The van der Waals surface area contributed by atoms with Gasteiger partial charge in [0.15, 0.2) is 0 Å².